The molecule has 0 aromatic rings. The quantitative estimate of drug-likeness (QED) is 0.0261. The van der Waals surface area contributed by atoms with Crippen molar-refractivity contribution in [3.63, 3.8) is 0 Å². The molecule has 0 aliphatic carbocycles. The number of hydrogen-bond acceptors (Lipinski definition) is 6. The maximum absolute atomic E-state index is 13.0. The Kier molecular flexibility index (Phi) is 69.6. The maximum atomic E-state index is 13.0. The minimum Gasteiger partial charge on any atom is -0.462 e. The fraction of sp³-hybridized carbons (Fsp3) is 0.857. The zero-order valence-corrected chi connectivity index (χ0v) is 56.0. The highest BCUT2D eigenvalue weighted by Crippen LogP contribution is 2.19. The summed E-state index contributed by atoms with van der Waals surface area (Å²) in [6.07, 6.45) is 91.5. The molecule has 0 amide bonds. The predicted molar refractivity (Wildman–Crippen MR) is 362 cm³/mol. The van der Waals surface area contributed by atoms with Crippen molar-refractivity contribution >= 4 is 17.9 Å². The summed E-state index contributed by atoms with van der Waals surface area (Å²) in [6, 6.07) is 0. The summed E-state index contributed by atoms with van der Waals surface area (Å²) in [5, 5.41) is 0. The molecule has 6 nitrogen and oxygen atoms in total. The zero-order chi connectivity index (χ0) is 59.9. The van der Waals surface area contributed by atoms with Crippen LogP contribution in [-0.2, 0) is 28.6 Å². The maximum Gasteiger partial charge on any atom is 0.306 e. The van der Waals surface area contributed by atoms with Crippen LogP contribution < -0.4 is 0 Å². The van der Waals surface area contributed by atoms with Crippen LogP contribution in [0.5, 0.6) is 0 Å². The van der Waals surface area contributed by atoms with E-state index in [1.807, 2.05) is 0 Å². The van der Waals surface area contributed by atoms with E-state index in [1.165, 1.54) is 289 Å². The number of carbonyl (C=O) groups excluding carboxylic acids is 3. The number of unbranched alkanes of at least 4 members (excludes halogenated alkanes) is 50. The highest BCUT2D eigenvalue weighted by Gasteiger charge is 2.19. The number of ether oxygens (including phenoxy) is 3. The molecule has 0 N–H and O–H groups in total. The number of hydrogen-bond donors (Lipinski definition) is 0. The molecule has 0 spiro atoms. The average molecular weight is 1160 g/mol. The summed E-state index contributed by atoms with van der Waals surface area (Å²) in [5.41, 5.74) is 0. The Labute approximate surface area is 518 Å². The van der Waals surface area contributed by atoms with Crippen molar-refractivity contribution in [1.29, 1.82) is 0 Å². The SMILES string of the molecule is CCCCCCC/C=C\C/C=C\C/C=C\CCCCCCCCCCCCCCCCCCC(=O)OCC(COC(=O)CCCCCCC/C=C\CCCCCCCCC)OC(=O)CCCCCCCCCCCCCCCCCCCC. The molecule has 0 aromatic carbocycles. The van der Waals surface area contributed by atoms with Gasteiger partial charge in [0.05, 0.1) is 0 Å². The van der Waals surface area contributed by atoms with Gasteiger partial charge in [-0.25, -0.2) is 0 Å². The van der Waals surface area contributed by atoms with E-state index in [9.17, 15) is 14.4 Å². The lowest BCUT2D eigenvalue weighted by Gasteiger charge is -2.18. The van der Waals surface area contributed by atoms with E-state index in [0.29, 0.717) is 19.3 Å². The molecular weight excluding hydrogens is 1020 g/mol. The largest absolute Gasteiger partial charge is 0.462 e. The zero-order valence-electron chi connectivity index (χ0n) is 56.0. The lowest BCUT2D eigenvalue weighted by Crippen LogP contribution is -2.30. The highest BCUT2D eigenvalue weighted by molar-refractivity contribution is 5.71. The van der Waals surface area contributed by atoms with Crippen molar-refractivity contribution in [3.8, 4) is 0 Å². The monoisotopic (exact) mass is 1160 g/mol. The summed E-state index contributed by atoms with van der Waals surface area (Å²) >= 11 is 0. The third kappa shape index (κ3) is 70.0. The van der Waals surface area contributed by atoms with Crippen LogP contribution in [0.2, 0.25) is 0 Å². The first kappa shape index (κ1) is 80.4. The van der Waals surface area contributed by atoms with E-state index >= 15 is 0 Å². The fourth-order valence-electron chi connectivity index (χ4n) is 11.2. The van der Waals surface area contributed by atoms with Gasteiger partial charge < -0.3 is 14.2 Å². The number of esters is 3. The number of carbonyl (C=O) groups is 3. The van der Waals surface area contributed by atoms with Crippen LogP contribution >= 0.6 is 0 Å². The molecule has 486 valence electrons. The van der Waals surface area contributed by atoms with Gasteiger partial charge in [0.25, 0.3) is 0 Å². The molecule has 0 aromatic heterocycles. The first-order valence-electron chi connectivity index (χ1n) is 37.1. The molecule has 0 saturated heterocycles. The minimum atomic E-state index is -0.775. The van der Waals surface area contributed by atoms with E-state index in [1.54, 1.807) is 0 Å². The van der Waals surface area contributed by atoms with E-state index in [-0.39, 0.29) is 31.1 Å². The molecule has 0 bridgehead atoms. The van der Waals surface area contributed by atoms with Crippen molar-refractivity contribution in [2.24, 2.45) is 0 Å². The highest BCUT2D eigenvalue weighted by atomic mass is 16.6. The molecule has 0 radical (unpaired) electrons. The lowest BCUT2D eigenvalue weighted by atomic mass is 10.0. The van der Waals surface area contributed by atoms with Gasteiger partial charge in [-0.05, 0) is 83.5 Å². The Hall–Kier alpha value is -2.63. The third-order valence-corrected chi connectivity index (χ3v) is 16.8. The summed E-state index contributed by atoms with van der Waals surface area (Å²) < 4.78 is 17.0. The molecule has 0 rings (SSSR count). The van der Waals surface area contributed by atoms with Gasteiger partial charge in [-0.1, -0.05) is 352 Å². The molecule has 0 fully saturated rings. The van der Waals surface area contributed by atoms with Crippen molar-refractivity contribution in [2.45, 2.75) is 412 Å². The van der Waals surface area contributed by atoms with Crippen LogP contribution in [-0.4, -0.2) is 37.2 Å². The average Bonchev–Trinajstić information content (AvgIpc) is 3.49. The van der Waals surface area contributed by atoms with Gasteiger partial charge in [-0.3, -0.25) is 14.4 Å². The molecule has 1 atom stereocenters. The normalized spacial score (nSPS) is 12.3. The summed E-state index contributed by atoms with van der Waals surface area (Å²) in [4.78, 5) is 38.5. The molecule has 0 heterocycles. The van der Waals surface area contributed by atoms with Crippen LogP contribution in [0.15, 0.2) is 48.6 Å². The van der Waals surface area contributed by atoms with Crippen molar-refractivity contribution in [1.82, 2.24) is 0 Å². The molecule has 0 saturated carbocycles. The molecular formula is C77H142O6. The second-order valence-electron chi connectivity index (χ2n) is 25.2. The predicted octanol–water partition coefficient (Wildman–Crippen LogP) is 25.7. The van der Waals surface area contributed by atoms with Crippen molar-refractivity contribution in [3.05, 3.63) is 48.6 Å². The van der Waals surface area contributed by atoms with Crippen LogP contribution in [0.25, 0.3) is 0 Å². The smallest absolute Gasteiger partial charge is 0.306 e. The fourth-order valence-corrected chi connectivity index (χ4v) is 11.2. The van der Waals surface area contributed by atoms with Gasteiger partial charge >= 0.3 is 17.9 Å². The summed E-state index contributed by atoms with van der Waals surface area (Å²) in [7, 11) is 0. The minimum absolute atomic E-state index is 0.0701. The van der Waals surface area contributed by atoms with Crippen LogP contribution in [0.3, 0.4) is 0 Å². The summed E-state index contributed by atoms with van der Waals surface area (Å²) in [6.45, 7) is 6.69. The second kappa shape index (κ2) is 71.8. The Bertz CT molecular complexity index is 1430. The van der Waals surface area contributed by atoms with Gasteiger partial charge in [0.2, 0.25) is 0 Å². The molecule has 6 heteroatoms. The number of allylic oxidation sites excluding steroid dienone is 8. The Morgan fingerprint density at radius 1 is 0.241 bits per heavy atom. The molecule has 0 aliphatic heterocycles. The van der Waals surface area contributed by atoms with Gasteiger partial charge in [0.1, 0.15) is 13.2 Å². The summed E-state index contributed by atoms with van der Waals surface area (Å²) in [5.74, 6) is -0.848. The van der Waals surface area contributed by atoms with Crippen molar-refractivity contribution in [2.75, 3.05) is 13.2 Å². The van der Waals surface area contributed by atoms with Crippen LogP contribution in [0.1, 0.15) is 406 Å². The van der Waals surface area contributed by atoms with E-state index < -0.39 is 6.10 Å². The topological polar surface area (TPSA) is 78.9 Å². The standard InChI is InChI=1S/C77H142O6/c1-4-7-10-13-16-19-22-25-28-31-33-34-35-36-37-38-39-40-41-42-43-44-45-47-49-52-55-58-61-64-67-70-76(79)82-73-74(72-81-75(78)69-66-63-60-57-54-51-48-30-27-24-21-18-15-12-9-6-3)83-77(80)71-68-65-62-59-56-53-50-46-32-29-26-23-20-17-14-11-8-5-2/h22,25,30-31,33,35-36,48,74H,4-21,23-24,26-29,32,34,37-47,49-73H2,1-3H3/b25-22-,33-31-,36-35-,48-30-. The first-order valence-corrected chi connectivity index (χ1v) is 37.1. The Balaban J connectivity index is 4.21. The Morgan fingerprint density at radius 2 is 0.434 bits per heavy atom. The molecule has 1 unspecified atom stereocenters. The van der Waals surface area contributed by atoms with E-state index in [2.05, 4.69) is 69.4 Å². The van der Waals surface area contributed by atoms with Crippen molar-refractivity contribution < 1.29 is 28.6 Å². The van der Waals surface area contributed by atoms with E-state index in [4.69, 9.17) is 14.2 Å². The second-order valence-corrected chi connectivity index (χ2v) is 25.2. The van der Waals surface area contributed by atoms with Gasteiger partial charge in [0, 0.05) is 19.3 Å². The van der Waals surface area contributed by atoms with Gasteiger partial charge in [-0.15, -0.1) is 0 Å². The molecule has 0 aliphatic rings. The third-order valence-electron chi connectivity index (χ3n) is 16.8. The van der Waals surface area contributed by atoms with E-state index in [0.717, 1.165) is 77.0 Å². The van der Waals surface area contributed by atoms with Gasteiger partial charge in [0.15, 0.2) is 6.10 Å². The van der Waals surface area contributed by atoms with Crippen LogP contribution in [0, 0.1) is 0 Å². The number of rotatable bonds is 69. The molecule has 83 heavy (non-hydrogen) atoms. The first-order chi connectivity index (χ1) is 41.0. The lowest BCUT2D eigenvalue weighted by molar-refractivity contribution is -0.167. The Morgan fingerprint density at radius 3 is 0.687 bits per heavy atom. The van der Waals surface area contributed by atoms with Gasteiger partial charge in [-0.2, -0.15) is 0 Å². The van der Waals surface area contributed by atoms with Crippen LogP contribution in [0.4, 0.5) is 0 Å².